The molecule has 0 radical (unpaired) electrons. The van der Waals surface area contributed by atoms with Crippen molar-refractivity contribution in [3.8, 4) is 22.5 Å². The SMILES string of the molecule is CCc1cc(-c2nnn(N)c2-c2ccc(N(C)C)cc2)cc(CC)c1CC. The minimum absolute atomic E-state index is 0.835. The summed E-state index contributed by atoms with van der Waals surface area (Å²) in [4.78, 5) is 3.46. The van der Waals surface area contributed by atoms with Crippen LogP contribution in [-0.2, 0) is 19.3 Å². The summed E-state index contributed by atoms with van der Waals surface area (Å²) in [6.07, 6.45) is 3.07. The molecule has 0 aliphatic heterocycles. The van der Waals surface area contributed by atoms with Crippen molar-refractivity contribution >= 4 is 5.69 Å². The molecule has 0 bridgehead atoms. The first-order valence-corrected chi connectivity index (χ1v) is 9.63. The summed E-state index contributed by atoms with van der Waals surface area (Å²) in [5, 5.41) is 8.52. The van der Waals surface area contributed by atoms with E-state index >= 15 is 0 Å². The Labute approximate surface area is 161 Å². The monoisotopic (exact) mass is 363 g/mol. The van der Waals surface area contributed by atoms with Crippen LogP contribution in [0.4, 0.5) is 5.69 Å². The summed E-state index contributed by atoms with van der Waals surface area (Å²) in [7, 11) is 4.06. The van der Waals surface area contributed by atoms with Gasteiger partial charge in [-0.3, -0.25) is 0 Å². The van der Waals surface area contributed by atoms with Gasteiger partial charge in [0.2, 0.25) is 0 Å². The Morgan fingerprint density at radius 1 is 0.889 bits per heavy atom. The lowest BCUT2D eigenvalue weighted by molar-refractivity contribution is 0.771. The third-order valence-corrected chi connectivity index (χ3v) is 5.18. The molecule has 5 nitrogen and oxygen atoms in total. The van der Waals surface area contributed by atoms with E-state index < -0.39 is 0 Å². The number of hydrogen-bond acceptors (Lipinski definition) is 4. The summed E-state index contributed by atoms with van der Waals surface area (Å²) in [6.45, 7) is 6.64. The summed E-state index contributed by atoms with van der Waals surface area (Å²) < 4.78 is 0. The van der Waals surface area contributed by atoms with E-state index in [2.05, 4.69) is 72.4 Å². The van der Waals surface area contributed by atoms with Crippen LogP contribution in [0.2, 0.25) is 0 Å². The third-order valence-electron chi connectivity index (χ3n) is 5.18. The Balaban J connectivity index is 2.14. The van der Waals surface area contributed by atoms with Crippen LogP contribution in [0.3, 0.4) is 0 Å². The van der Waals surface area contributed by atoms with Crippen molar-refractivity contribution in [2.45, 2.75) is 40.0 Å². The van der Waals surface area contributed by atoms with E-state index in [0.717, 1.165) is 47.5 Å². The van der Waals surface area contributed by atoms with Gasteiger partial charge in [-0.2, -0.15) is 4.79 Å². The van der Waals surface area contributed by atoms with Gasteiger partial charge in [-0.1, -0.05) is 32.9 Å². The van der Waals surface area contributed by atoms with E-state index in [1.165, 1.54) is 21.5 Å². The zero-order chi connectivity index (χ0) is 19.6. The fourth-order valence-electron chi connectivity index (χ4n) is 3.69. The highest BCUT2D eigenvalue weighted by Gasteiger charge is 2.18. The Kier molecular flexibility index (Phi) is 5.49. The van der Waals surface area contributed by atoms with Crippen LogP contribution in [0.5, 0.6) is 0 Å². The fraction of sp³-hybridized carbons (Fsp3) is 0.364. The van der Waals surface area contributed by atoms with Gasteiger partial charge in [-0.25, -0.2) is 0 Å². The number of nitrogens with two attached hydrogens (primary N) is 1. The van der Waals surface area contributed by atoms with Crippen molar-refractivity contribution in [3.05, 3.63) is 53.1 Å². The van der Waals surface area contributed by atoms with E-state index in [1.54, 1.807) is 0 Å². The average Bonchev–Trinajstić information content (AvgIpc) is 3.08. The van der Waals surface area contributed by atoms with E-state index in [-0.39, 0.29) is 0 Å². The van der Waals surface area contributed by atoms with Gasteiger partial charge in [0.05, 0.1) is 0 Å². The van der Waals surface area contributed by atoms with Crippen molar-refractivity contribution in [3.63, 3.8) is 0 Å². The quantitative estimate of drug-likeness (QED) is 0.671. The molecule has 0 saturated carbocycles. The van der Waals surface area contributed by atoms with Crippen LogP contribution in [0.1, 0.15) is 37.5 Å². The number of anilines is 1. The second-order valence-electron chi connectivity index (χ2n) is 7.01. The Morgan fingerprint density at radius 2 is 1.48 bits per heavy atom. The van der Waals surface area contributed by atoms with Gasteiger partial charge in [0, 0.05) is 30.9 Å². The summed E-state index contributed by atoms with van der Waals surface area (Å²) in [6, 6.07) is 12.8. The largest absolute Gasteiger partial charge is 0.378 e. The van der Waals surface area contributed by atoms with Crippen molar-refractivity contribution < 1.29 is 0 Å². The molecule has 3 aromatic rings. The standard InChI is InChI=1S/C22H29N5/c1-6-15-13-18(14-16(7-2)20(15)8-3)21-22(27(23)25-24-21)17-9-11-19(12-10-17)26(4)5/h9-14H,6-8,23H2,1-5H3. The molecule has 2 N–H and O–H groups in total. The smallest absolute Gasteiger partial charge is 0.123 e. The molecule has 0 aliphatic carbocycles. The van der Waals surface area contributed by atoms with Crippen LogP contribution in [-0.4, -0.2) is 29.2 Å². The first-order chi connectivity index (χ1) is 13.0. The van der Waals surface area contributed by atoms with Gasteiger partial charge in [0.15, 0.2) is 0 Å². The number of rotatable bonds is 6. The summed E-state index contributed by atoms with van der Waals surface area (Å²) in [5.74, 6) is 6.14. The van der Waals surface area contributed by atoms with Crippen LogP contribution < -0.4 is 10.7 Å². The number of aromatic nitrogens is 3. The number of aryl methyl sites for hydroxylation is 2. The van der Waals surface area contributed by atoms with Crippen molar-refractivity contribution in [1.82, 2.24) is 15.1 Å². The van der Waals surface area contributed by atoms with E-state index in [4.69, 9.17) is 5.84 Å². The lowest BCUT2D eigenvalue weighted by atomic mass is 9.91. The van der Waals surface area contributed by atoms with E-state index in [1.807, 2.05) is 14.1 Å². The lowest BCUT2D eigenvalue weighted by Crippen LogP contribution is -2.12. The molecule has 27 heavy (non-hydrogen) atoms. The van der Waals surface area contributed by atoms with Gasteiger partial charge in [0.1, 0.15) is 11.4 Å². The molecular formula is C22H29N5. The Morgan fingerprint density at radius 3 is 1.96 bits per heavy atom. The summed E-state index contributed by atoms with van der Waals surface area (Å²) >= 11 is 0. The molecule has 3 rings (SSSR count). The second-order valence-corrected chi connectivity index (χ2v) is 7.01. The molecule has 1 heterocycles. The minimum Gasteiger partial charge on any atom is -0.378 e. The lowest BCUT2D eigenvalue weighted by Gasteiger charge is -2.15. The van der Waals surface area contributed by atoms with Gasteiger partial charge in [-0.05, 0) is 65.4 Å². The minimum atomic E-state index is 0.835. The predicted molar refractivity (Wildman–Crippen MR) is 114 cm³/mol. The maximum atomic E-state index is 6.14. The van der Waals surface area contributed by atoms with Crippen LogP contribution in [0.25, 0.3) is 22.5 Å². The Bertz CT molecular complexity index is 897. The third kappa shape index (κ3) is 3.54. The zero-order valence-corrected chi connectivity index (χ0v) is 17.0. The molecule has 0 unspecified atom stereocenters. The van der Waals surface area contributed by atoms with Gasteiger partial charge in [0.25, 0.3) is 0 Å². The predicted octanol–water partition coefficient (Wildman–Crippen LogP) is 4.08. The molecule has 5 heteroatoms. The summed E-state index contributed by atoms with van der Waals surface area (Å²) in [5.41, 5.74) is 9.14. The molecule has 0 fully saturated rings. The molecule has 0 amide bonds. The second kappa shape index (κ2) is 7.82. The molecule has 2 aromatic carbocycles. The highest BCUT2D eigenvalue weighted by atomic mass is 15.6. The molecule has 0 aliphatic rings. The van der Waals surface area contributed by atoms with Crippen LogP contribution >= 0.6 is 0 Å². The molecule has 0 saturated heterocycles. The molecule has 1 aromatic heterocycles. The van der Waals surface area contributed by atoms with Gasteiger partial charge < -0.3 is 10.7 Å². The number of nitrogens with zero attached hydrogens (tertiary/aromatic N) is 4. The normalized spacial score (nSPS) is 11.0. The maximum Gasteiger partial charge on any atom is 0.123 e. The van der Waals surface area contributed by atoms with Gasteiger partial charge in [-0.15, -0.1) is 5.10 Å². The first-order valence-electron chi connectivity index (χ1n) is 9.63. The molecular weight excluding hydrogens is 334 g/mol. The van der Waals surface area contributed by atoms with Crippen molar-refractivity contribution in [2.75, 3.05) is 24.8 Å². The highest BCUT2D eigenvalue weighted by molar-refractivity contribution is 5.79. The number of benzene rings is 2. The molecule has 142 valence electrons. The maximum absolute atomic E-state index is 6.14. The highest BCUT2D eigenvalue weighted by Crippen LogP contribution is 2.33. The number of nitrogen functional groups attached to an aromatic ring is 1. The first kappa shape index (κ1) is 19.0. The van der Waals surface area contributed by atoms with Crippen molar-refractivity contribution in [1.29, 1.82) is 0 Å². The molecule has 0 spiro atoms. The van der Waals surface area contributed by atoms with Crippen LogP contribution in [0, 0.1) is 0 Å². The fourth-order valence-corrected chi connectivity index (χ4v) is 3.69. The number of hydrogen-bond donors (Lipinski definition) is 1. The average molecular weight is 364 g/mol. The van der Waals surface area contributed by atoms with Gasteiger partial charge >= 0.3 is 0 Å². The molecule has 0 atom stereocenters. The van der Waals surface area contributed by atoms with Crippen LogP contribution in [0.15, 0.2) is 36.4 Å². The Hall–Kier alpha value is -2.82. The topological polar surface area (TPSA) is 60.0 Å². The van der Waals surface area contributed by atoms with E-state index in [9.17, 15) is 0 Å². The van der Waals surface area contributed by atoms with Crippen molar-refractivity contribution in [2.24, 2.45) is 0 Å². The zero-order valence-electron chi connectivity index (χ0n) is 17.0. The van der Waals surface area contributed by atoms with E-state index in [0.29, 0.717) is 0 Å².